The third-order valence-electron chi connectivity index (χ3n) is 10.3. The van der Waals surface area contributed by atoms with Gasteiger partial charge in [0.05, 0.1) is 27.7 Å². The summed E-state index contributed by atoms with van der Waals surface area (Å²) in [6.45, 7) is 5.72. The van der Waals surface area contributed by atoms with Crippen molar-refractivity contribution in [1.29, 1.82) is 0 Å². The van der Waals surface area contributed by atoms with Crippen LogP contribution in [-0.2, 0) is 30.5 Å². The molecule has 2 N–H and O–H groups in total. The van der Waals surface area contributed by atoms with E-state index >= 15 is 0 Å². The number of nitrogens with zero attached hydrogens (tertiary/aromatic N) is 9. The Bertz CT molecular complexity index is 2370. The topological polar surface area (TPSA) is 154 Å². The highest BCUT2D eigenvalue weighted by Crippen LogP contribution is 2.34. The number of aryl methyl sites for hydroxylation is 1. The number of amides is 2. The number of aromatic nitrogens is 6. The lowest BCUT2D eigenvalue weighted by Gasteiger charge is -2.36. The average Bonchev–Trinajstić information content (AvgIpc) is 3.64. The fourth-order valence-electron chi connectivity index (χ4n) is 7.16. The highest BCUT2D eigenvalue weighted by Gasteiger charge is 2.32. The van der Waals surface area contributed by atoms with Gasteiger partial charge in [0.15, 0.2) is 17.3 Å². The molecular formula is C38H39ClF4N10O4. The van der Waals surface area contributed by atoms with Crippen molar-refractivity contribution in [3.63, 3.8) is 0 Å². The van der Waals surface area contributed by atoms with Crippen LogP contribution in [0.15, 0.2) is 53.6 Å². The molecule has 0 aliphatic carbocycles. The molecule has 7 rings (SSSR count). The molecule has 2 aliphatic rings. The highest BCUT2D eigenvalue weighted by molar-refractivity contribution is 6.33. The van der Waals surface area contributed by atoms with Crippen molar-refractivity contribution >= 4 is 40.6 Å². The number of hydrogen-bond donors (Lipinski definition) is 2. The number of nitrogens with one attached hydrogen (secondary N) is 1. The Morgan fingerprint density at radius 3 is 2.35 bits per heavy atom. The molecule has 14 nitrogen and oxygen atoms in total. The molecule has 0 spiro atoms. The van der Waals surface area contributed by atoms with E-state index in [1.165, 1.54) is 11.2 Å². The van der Waals surface area contributed by atoms with E-state index in [1.807, 2.05) is 31.2 Å². The summed E-state index contributed by atoms with van der Waals surface area (Å²) >= 11 is 6.15. The zero-order valence-electron chi connectivity index (χ0n) is 31.1. The second-order valence-electron chi connectivity index (χ2n) is 14.0. The van der Waals surface area contributed by atoms with Gasteiger partial charge in [-0.05, 0) is 49.9 Å². The van der Waals surface area contributed by atoms with Crippen molar-refractivity contribution in [3.8, 4) is 17.1 Å². The molecule has 57 heavy (non-hydrogen) atoms. The van der Waals surface area contributed by atoms with Crippen LogP contribution in [0.25, 0.3) is 17.2 Å². The molecule has 0 bridgehead atoms. The number of anilines is 2. The van der Waals surface area contributed by atoms with Gasteiger partial charge >= 0.3 is 6.18 Å². The second-order valence-corrected chi connectivity index (χ2v) is 14.4. The Hall–Kier alpha value is -5.62. The largest absolute Gasteiger partial charge is 0.504 e. The van der Waals surface area contributed by atoms with Gasteiger partial charge in [0, 0.05) is 51.4 Å². The minimum Gasteiger partial charge on any atom is -0.504 e. The minimum atomic E-state index is -4.63. The SMILES string of the molecule is CCc1c(N2CCN(C(=O)c3ncnc(C)c3O)CC2)c(=O)n2nc(-c3ccc(CN4CCC(F)CC4)cc3)nc2n1CC(=O)Nc1ccc(C(F)(F)F)cc1Cl. The summed E-state index contributed by atoms with van der Waals surface area (Å²) in [7, 11) is 0. The summed E-state index contributed by atoms with van der Waals surface area (Å²) in [5, 5.41) is 17.3. The zero-order chi connectivity index (χ0) is 40.6. The number of piperidine rings is 1. The van der Waals surface area contributed by atoms with E-state index in [2.05, 4.69) is 25.3 Å². The van der Waals surface area contributed by atoms with E-state index in [0.717, 1.165) is 28.3 Å². The monoisotopic (exact) mass is 810 g/mol. The Morgan fingerprint density at radius 1 is 1.00 bits per heavy atom. The number of alkyl halides is 4. The number of carbonyl (C=O) groups is 2. The predicted molar refractivity (Wildman–Crippen MR) is 203 cm³/mol. The fraction of sp³-hybridized carbons (Fsp3) is 0.395. The number of likely N-dealkylation sites (tertiary alicyclic amines) is 1. The first-order valence-corrected chi connectivity index (χ1v) is 18.8. The van der Waals surface area contributed by atoms with E-state index < -0.39 is 41.8 Å². The van der Waals surface area contributed by atoms with E-state index in [1.54, 1.807) is 16.4 Å². The zero-order valence-corrected chi connectivity index (χ0v) is 31.8. The number of halogens is 5. The van der Waals surface area contributed by atoms with E-state index in [4.69, 9.17) is 16.6 Å². The Labute approximate surface area is 328 Å². The van der Waals surface area contributed by atoms with Gasteiger partial charge in [0.1, 0.15) is 24.7 Å². The number of piperazine rings is 1. The fourth-order valence-corrected chi connectivity index (χ4v) is 7.39. The number of benzene rings is 2. The van der Waals surface area contributed by atoms with Crippen LogP contribution in [0, 0.1) is 6.92 Å². The van der Waals surface area contributed by atoms with Gasteiger partial charge in [-0.25, -0.2) is 14.4 Å². The summed E-state index contributed by atoms with van der Waals surface area (Å²) in [6.07, 6.45) is -2.94. The van der Waals surface area contributed by atoms with Crippen molar-refractivity contribution in [3.05, 3.63) is 92.4 Å². The van der Waals surface area contributed by atoms with E-state index in [-0.39, 0.29) is 77.7 Å². The van der Waals surface area contributed by atoms with Gasteiger partial charge in [-0.2, -0.15) is 22.7 Å². The van der Waals surface area contributed by atoms with E-state index in [0.29, 0.717) is 43.7 Å². The summed E-state index contributed by atoms with van der Waals surface area (Å²) in [5.41, 5.74) is 0.920. The normalized spacial score (nSPS) is 15.7. The lowest BCUT2D eigenvalue weighted by Crippen LogP contribution is -2.51. The summed E-state index contributed by atoms with van der Waals surface area (Å²) < 4.78 is 56.2. The van der Waals surface area contributed by atoms with Gasteiger partial charge in [-0.1, -0.05) is 42.8 Å². The van der Waals surface area contributed by atoms with Crippen molar-refractivity contribution in [1.82, 2.24) is 38.9 Å². The molecule has 0 unspecified atom stereocenters. The second kappa shape index (κ2) is 16.1. The molecule has 0 saturated carbocycles. The first kappa shape index (κ1) is 39.6. The first-order valence-electron chi connectivity index (χ1n) is 18.4. The van der Waals surface area contributed by atoms with Gasteiger partial charge < -0.3 is 24.8 Å². The summed E-state index contributed by atoms with van der Waals surface area (Å²) in [6, 6.07) is 10.1. The van der Waals surface area contributed by atoms with Crippen LogP contribution in [-0.4, -0.2) is 101 Å². The van der Waals surface area contributed by atoms with Crippen LogP contribution >= 0.6 is 11.6 Å². The molecule has 300 valence electrons. The van der Waals surface area contributed by atoms with Crippen LogP contribution in [0.1, 0.15) is 52.8 Å². The molecule has 2 saturated heterocycles. The molecule has 2 aromatic carbocycles. The summed E-state index contributed by atoms with van der Waals surface area (Å²) in [4.78, 5) is 59.4. The van der Waals surface area contributed by atoms with Crippen LogP contribution in [0.3, 0.4) is 0 Å². The maximum Gasteiger partial charge on any atom is 0.416 e. The van der Waals surface area contributed by atoms with Crippen LogP contribution < -0.4 is 15.8 Å². The lowest BCUT2D eigenvalue weighted by atomic mass is 10.1. The molecule has 2 amide bonds. The third kappa shape index (κ3) is 8.27. The Morgan fingerprint density at radius 2 is 1.70 bits per heavy atom. The number of fused-ring (bicyclic) bond motifs is 1. The number of hydrogen-bond acceptors (Lipinski definition) is 10. The van der Waals surface area contributed by atoms with Crippen molar-refractivity contribution in [2.24, 2.45) is 0 Å². The van der Waals surface area contributed by atoms with Gasteiger partial charge in [-0.15, -0.1) is 5.10 Å². The Kier molecular flexibility index (Phi) is 11.2. The van der Waals surface area contributed by atoms with Crippen molar-refractivity contribution in [2.75, 3.05) is 49.5 Å². The standard InChI is InChI=1S/C38H39ClF4N10O4/c1-3-29-32(50-14-16-51(17-15-50)35(56)31-33(55)22(2)44-21-45-31)36(57)53-37(52(29)20-30(54)46-28-9-8-25(18-27(28)39)38(41,42)43)47-34(48-53)24-6-4-23(5-7-24)19-49-12-10-26(40)11-13-49/h4-9,18,21,26,55H,3,10-17,19-20H2,1-2H3,(H,46,54). The average molecular weight is 811 g/mol. The molecule has 2 fully saturated rings. The third-order valence-corrected chi connectivity index (χ3v) is 10.6. The van der Waals surface area contributed by atoms with Gasteiger partial charge in [0.2, 0.25) is 11.7 Å². The molecule has 3 aromatic heterocycles. The van der Waals surface area contributed by atoms with Crippen molar-refractivity contribution < 1.29 is 32.3 Å². The molecule has 5 aromatic rings. The highest BCUT2D eigenvalue weighted by atomic mass is 35.5. The van der Waals surface area contributed by atoms with Crippen LogP contribution in [0.5, 0.6) is 5.75 Å². The predicted octanol–water partition coefficient (Wildman–Crippen LogP) is 5.13. The lowest BCUT2D eigenvalue weighted by molar-refractivity contribution is -0.137. The van der Waals surface area contributed by atoms with Crippen LogP contribution in [0.2, 0.25) is 5.02 Å². The molecule has 19 heteroatoms. The number of aromatic hydroxyl groups is 1. The summed E-state index contributed by atoms with van der Waals surface area (Å²) in [5.74, 6) is -1.17. The molecule has 2 aliphatic heterocycles. The maximum absolute atomic E-state index is 14.4. The minimum absolute atomic E-state index is 0.0352. The van der Waals surface area contributed by atoms with Gasteiger partial charge in [-0.3, -0.25) is 19.3 Å². The Balaban J connectivity index is 1.21. The molecule has 5 heterocycles. The molecule has 0 radical (unpaired) electrons. The number of carbonyl (C=O) groups excluding carboxylic acids is 2. The molecule has 0 atom stereocenters. The quantitative estimate of drug-likeness (QED) is 0.192. The smallest absolute Gasteiger partial charge is 0.416 e. The van der Waals surface area contributed by atoms with E-state index in [9.17, 15) is 37.1 Å². The first-order chi connectivity index (χ1) is 27.2. The maximum atomic E-state index is 14.4. The van der Waals surface area contributed by atoms with Gasteiger partial charge in [0.25, 0.3) is 11.5 Å². The number of rotatable bonds is 9. The molecular weight excluding hydrogens is 772 g/mol. The van der Waals surface area contributed by atoms with Crippen molar-refractivity contribution in [2.45, 2.75) is 58.5 Å². The van der Waals surface area contributed by atoms with Crippen LogP contribution in [0.4, 0.5) is 28.9 Å².